The molecule has 21 heteroatoms. The van der Waals surface area contributed by atoms with Crippen LogP contribution in [0.25, 0.3) is 11.2 Å². The van der Waals surface area contributed by atoms with Crippen LogP contribution in [-0.2, 0) is 41.2 Å². The van der Waals surface area contributed by atoms with Gasteiger partial charge in [0.1, 0.15) is 30.2 Å². The first kappa shape index (κ1) is 25.1. The molecule has 3 aliphatic rings. The molecule has 3 unspecified atom stereocenters. The van der Waals surface area contributed by atoms with Crippen molar-refractivity contribution in [2.24, 2.45) is 0 Å². The molecular weight excluding hydrogens is 566 g/mol. The predicted molar refractivity (Wildman–Crippen MR) is 113 cm³/mol. The first-order valence-electron chi connectivity index (χ1n) is 9.23. The summed E-state index contributed by atoms with van der Waals surface area (Å²) in [4.78, 5) is 32.0. The molecule has 7 atom stereocenters. The van der Waals surface area contributed by atoms with Crippen molar-refractivity contribution in [1.82, 2.24) is 19.5 Å². The lowest BCUT2D eigenvalue weighted by molar-refractivity contribution is -0.256. The topological polar surface area (TPSA) is 209 Å². The van der Waals surface area contributed by atoms with Gasteiger partial charge in [0.15, 0.2) is 17.7 Å². The Balaban J connectivity index is 1.36. The van der Waals surface area contributed by atoms with Gasteiger partial charge < -0.3 is 39.0 Å². The van der Waals surface area contributed by atoms with Gasteiger partial charge in [-0.05, 0) is 0 Å². The van der Waals surface area contributed by atoms with Gasteiger partial charge in [0.2, 0.25) is 0 Å². The summed E-state index contributed by atoms with van der Waals surface area (Å²) in [7, 11) is -11.4. The Labute approximate surface area is 201 Å². The molecule has 0 radical (unpaired) electrons. The van der Waals surface area contributed by atoms with E-state index in [-0.39, 0.29) is 12.4 Å². The quantitative estimate of drug-likeness (QED) is 0.339. The summed E-state index contributed by atoms with van der Waals surface area (Å²) >= 11 is 11.1. The predicted octanol–water partition coefficient (Wildman–Crippen LogP) is 1.77. The normalized spacial score (nSPS) is 41.7. The first-order valence-corrected chi connectivity index (χ1v) is 14.2. The summed E-state index contributed by atoms with van der Waals surface area (Å²) < 4.78 is 60.3. The Morgan fingerprint density at radius 1 is 1.18 bits per heavy atom. The Bertz CT molecular complexity index is 1180. The van der Waals surface area contributed by atoms with E-state index in [0.717, 1.165) is 0 Å². The number of ether oxygens (including phenoxy) is 4. The largest absolute Gasteiger partial charge is 0.383 e. The number of halogens is 2. The Morgan fingerprint density at radius 2 is 1.85 bits per heavy atom. The third-order valence-electron chi connectivity index (χ3n) is 5.05. The second kappa shape index (κ2) is 8.79. The van der Waals surface area contributed by atoms with Crippen LogP contribution in [0.1, 0.15) is 6.23 Å². The monoisotopic (exact) mass is 581 g/mol. The van der Waals surface area contributed by atoms with Gasteiger partial charge in [-0.15, -0.1) is 0 Å². The number of imidazole rings is 1. The van der Waals surface area contributed by atoms with Crippen molar-refractivity contribution in [3.8, 4) is 0 Å². The molecule has 3 fully saturated rings. The lowest BCUT2D eigenvalue weighted by Gasteiger charge is -2.35. The highest BCUT2D eigenvalue weighted by molar-refractivity contribution is 7.86. The molecule has 34 heavy (non-hydrogen) atoms. The van der Waals surface area contributed by atoms with E-state index in [1.54, 1.807) is 4.57 Å². The van der Waals surface area contributed by atoms with Crippen LogP contribution in [0, 0.1) is 0 Å². The number of nitrogen functional groups attached to an aromatic ring is 1. The Hall–Kier alpha value is -0.540. The molecule has 3 aliphatic heterocycles. The molecule has 0 amide bonds. The van der Waals surface area contributed by atoms with Crippen molar-refractivity contribution in [2.75, 3.05) is 19.5 Å². The molecule has 3 saturated heterocycles. The smallest absolute Gasteiger partial charge is 0.382 e. The van der Waals surface area contributed by atoms with Crippen molar-refractivity contribution < 1.29 is 51.0 Å². The molecule has 0 spiro atoms. The third kappa shape index (κ3) is 4.00. The Kier molecular flexibility index (Phi) is 6.49. The summed E-state index contributed by atoms with van der Waals surface area (Å²) in [6, 6.07) is 0. The molecule has 188 valence electrons. The number of aromatic nitrogens is 4. The summed E-state index contributed by atoms with van der Waals surface area (Å²) in [5, 5.41) is 0. The molecule has 0 aromatic carbocycles. The summed E-state index contributed by atoms with van der Waals surface area (Å²) in [5.41, 5.74) is 6.56. The SMILES string of the molecule is COC1O[C@@H]2[C@H](O1)[C@@H](COP1OP(=O)(O)C(Cl)(Cl)P(=O)(O)O1)O[C@H]2n1cnc2c(N)ncnc21. The molecule has 0 bridgehead atoms. The highest BCUT2D eigenvalue weighted by Gasteiger charge is 2.68. The minimum absolute atomic E-state index is 0.169. The molecule has 0 saturated carbocycles. The van der Waals surface area contributed by atoms with Gasteiger partial charge >= 0.3 is 27.6 Å². The molecule has 2 aromatic rings. The molecule has 0 aliphatic carbocycles. The van der Waals surface area contributed by atoms with Crippen LogP contribution in [-0.4, -0.2) is 71.6 Å². The number of methoxy groups -OCH3 is 1. The van der Waals surface area contributed by atoms with E-state index < -0.39 is 58.6 Å². The van der Waals surface area contributed by atoms with Crippen LogP contribution in [0.15, 0.2) is 12.7 Å². The summed E-state index contributed by atoms with van der Waals surface area (Å²) in [6.07, 6.45) is -0.484. The van der Waals surface area contributed by atoms with Crippen molar-refractivity contribution in [1.29, 1.82) is 0 Å². The number of nitrogens with two attached hydrogens (primary N) is 1. The van der Waals surface area contributed by atoms with Crippen LogP contribution in [0.3, 0.4) is 0 Å². The fraction of sp³-hybridized carbons (Fsp3) is 0.615. The van der Waals surface area contributed by atoms with E-state index >= 15 is 0 Å². The number of hydrogen-bond acceptors (Lipinski definition) is 13. The van der Waals surface area contributed by atoms with Gasteiger partial charge in [0, 0.05) is 7.11 Å². The van der Waals surface area contributed by atoms with E-state index in [1.165, 1.54) is 19.8 Å². The fourth-order valence-corrected chi connectivity index (χ4v) is 9.78. The summed E-state index contributed by atoms with van der Waals surface area (Å²) in [5.74, 6) is 0.169. The van der Waals surface area contributed by atoms with Gasteiger partial charge in [0.05, 0.1) is 12.9 Å². The number of hydrogen-bond donors (Lipinski definition) is 3. The van der Waals surface area contributed by atoms with Crippen LogP contribution in [0.5, 0.6) is 0 Å². The first-order chi connectivity index (χ1) is 15.9. The van der Waals surface area contributed by atoms with Gasteiger partial charge in [-0.1, -0.05) is 23.2 Å². The van der Waals surface area contributed by atoms with Crippen molar-refractivity contribution in [2.45, 2.75) is 34.8 Å². The maximum atomic E-state index is 12.2. The highest BCUT2D eigenvalue weighted by Crippen LogP contribution is 2.87. The second-order valence-corrected chi connectivity index (χ2v) is 15.3. The zero-order chi connectivity index (χ0) is 24.5. The van der Waals surface area contributed by atoms with E-state index in [4.69, 9.17) is 61.0 Å². The number of anilines is 1. The minimum Gasteiger partial charge on any atom is -0.382 e. The molecule has 16 nitrogen and oxygen atoms in total. The van der Waals surface area contributed by atoms with Crippen LogP contribution in [0.2, 0.25) is 0 Å². The van der Waals surface area contributed by atoms with Crippen LogP contribution >= 0.6 is 47.0 Å². The average Bonchev–Trinajstić information content (AvgIpc) is 3.44. The van der Waals surface area contributed by atoms with E-state index in [2.05, 4.69) is 15.0 Å². The standard InChI is InChI=1S/C13H16Cl2N5O11P3/c1-25-12-28-7-5(2-26-32-30-33(21,22)13(14,15)34(23,24)31-32)27-11(8(7)29-12)20-4-19-6-9(16)17-3-18-10(6)20/h3-5,7-8,11-12H,2H2,1H3,(H,21,22)(H,23,24)(H2,16,17,18)/t5-,7-,8-,11-,12?/m1/s1. The maximum Gasteiger partial charge on any atom is 0.383 e. The third-order valence-corrected chi connectivity index (χ3v) is 13.7. The minimum atomic E-state index is -5.01. The van der Waals surface area contributed by atoms with E-state index in [1.807, 2.05) is 0 Å². The lowest BCUT2D eigenvalue weighted by atomic mass is 10.1. The zero-order valence-corrected chi connectivity index (χ0v) is 21.0. The van der Waals surface area contributed by atoms with Crippen molar-refractivity contribution >= 4 is 64.0 Å². The van der Waals surface area contributed by atoms with Crippen LogP contribution in [0.4, 0.5) is 5.82 Å². The van der Waals surface area contributed by atoms with Crippen molar-refractivity contribution in [3.05, 3.63) is 12.7 Å². The van der Waals surface area contributed by atoms with E-state index in [9.17, 15) is 18.9 Å². The molecule has 5 heterocycles. The number of rotatable bonds is 5. The molecule has 4 N–H and O–H groups in total. The van der Waals surface area contributed by atoms with Crippen molar-refractivity contribution in [3.63, 3.8) is 0 Å². The molecular formula is C13H16Cl2N5O11P3. The average molecular weight is 582 g/mol. The van der Waals surface area contributed by atoms with Gasteiger partial charge in [-0.2, -0.15) is 0 Å². The van der Waals surface area contributed by atoms with Gasteiger partial charge in [0.25, 0.3) is 6.48 Å². The van der Waals surface area contributed by atoms with Gasteiger partial charge in [-0.3, -0.25) is 13.7 Å². The fourth-order valence-electron chi connectivity index (χ4n) is 3.47. The summed E-state index contributed by atoms with van der Waals surface area (Å²) in [6.45, 7) is -1.39. The Morgan fingerprint density at radius 3 is 2.53 bits per heavy atom. The second-order valence-electron chi connectivity index (χ2n) is 7.11. The molecule has 5 rings (SSSR count). The number of alkyl halides is 2. The van der Waals surface area contributed by atoms with E-state index in [0.29, 0.717) is 11.2 Å². The molecule has 2 aromatic heterocycles. The highest BCUT2D eigenvalue weighted by atomic mass is 35.5. The maximum absolute atomic E-state index is 12.2. The number of nitrogens with zero attached hydrogens (tertiary/aromatic N) is 4. The van der Waals surface area contributed by atoms with Crippen LogP contribution < -0.4 is 5.73 Å². The number of fused-ring (bicyclic) bond motifs is 2. The zero-order valence-electron chi connectivity index (χ0n) is 16.8. The van der Waals surface area contributed by atoms with Gasteiger partial charge in [-0.25, -0.2) is 23.6 Å². The lowest BCUT2D eigenvalue weighted by Crippen LogP contribution is -2.32.